The third kappa shape index (κ3) is 3.60. The van der Waals surface area contributed by atoms with E-state index in [2.05, 4.69) is 21.6 Å². The number of hydrogen-bond acceptors (Lipinski definition) is 7. The highest BCUT2D eigenvalue weighted by molar-refractivity contribution is 8.00. The van der Waals surface area contributed by atoms with Gasteiger partial charge in [0.05, 0.1) is 23.9 Å². The molecule has 0 saturated heterocycles. The first-order valence-electron chi connectivity index (χ1n) is 8.13. The Morgan fingerprint density at radius 1 is 1.22 bits per heavy atom. The van der Waals surface area contributed by atoms with Gasteiger partial charge in [-0.2, -0.15) is 5.26 Å². The second kappa shape index (κ2) is 7.70. The summed E-state index contributed by atoms with van der Waals surface area (Å²) in [5, 5.41) is 21.9. The summed E-state index contributed by atoms with van der Waals surface area (Å²) in [6.07, 6.45) is 3.94. The van der Waals surface area contributed by atoms with Crippen molar-refractivity contribution in [3.8, 4) is 11.8 Å². The number of benzene rings is 1. The van der Waals surface area contributed by atoms with Gasteiger partial charge in [0.25, 0.3) is 0 Å². The zero-order valence-electron chi connectivity index (χ0n) is 14.4. The lowest BCUT2D eigenvalue weighted by Gasteiger charge is -2.07. The summed E-state index contributed by atoms with van der Waals surface area (Å²) in [5.74, 6) is 1.41. The Hall–Kier alpha value is -3.02. The average molecular weight is 393 g/mol. The van der Waals surface area contributed by atoms with Crippen LogP contribution in [0.3, 0.4) is 0 Å². The molecule has 27 heavy (non-hydrogen) atoms. The molecular formula is C19H15N5OS2. The van der Waals surface area contributed by atoms with Crippen LogP contribution in [0.2, 0.25) is 0 Å². The van der Waals surface area contributed by atoms with Gasteiger partial charge in [-0.15, -0.1) is 10.2 Å². The van der Waals surface area contributed by atoms with Crippen LogP contribution in [0.25, 0.3) is 5.52 Å². The molecule has 0 amide bonds. The standard InChI is InChI=1S/C19H15N5OS2/c1-25-17-8-3-2-6-15(17)21-18-22-23-19(27-18)26-12-13-11-24-9-5-4-7-16(24)14(13)10-20/h2-9,11H,12H2,1H3,(H,21,22). The van der Waals surface area contributed by atoms with Crippen LogP contribution < -0.4 is 10.1 Å². The van der Waals surface area contributed by atoms with Gasteiger partial charge in [0.1, 0.15) is 11.8 Å². The van der Waals surface area contributed by atoms with Crippen molar-refractivity contribution < 1.29 is 4.74 Å². The van der Waals surface area contributed by atoms with Crippen LogP contribution >= 0.6 is 23.1 Å². The third-order valence-corrected chi connectivity index (χ3v) is 6.00. The number of ether oxygens (including phenoxy) is 1. The molecule has 6 nitrogen and oxygen atoms in total. The molecule has 0 atom stereocenters. The van der Waals surface area contributed by atoms with Crippen LogP contribution in [0, 0.1) is 11.3 Å². The number of nitrogens with zero attached hydrogens (tertiary/aromatic N) is 4. The first-order chi connectivity index (χ1) is 13.3. The molecule has 0 bridgehead atoms. The highest BCUT2D eigenvalue weighted by Crippen LogP contribution is 2.33. The van der Waals surface area contributed by atoms with Crippen LogP contribution in [0.1, 0.15) is 11.1 Å². The smallest absolute Gasteiger partial charge is 0.210 e. The van der Waals surface area contributed by atoms with Gasteiger partial charge in [0.2, 0.25) is 5.13 Å². The maximum absolute atomic E-state index is 9.50. The van der Waals surface area contributed by atoms with Crippen molar-refractivity contribution in [3.63, 3.8) is 0 Å². The number of rotatable bonds is 6. The summed E-state index contributed by atoms with van der Waals surface area (Å²) in [6.45, 7) is 0. The van der Waals surface area contributed by atoms with E-state index in [9.17, 15) is 5.26 Å². The van der Waals surface area contributed by atoms with Gasteiger partial charge < -0.3 is 14.5 Å². The van der Waals surface area contributed by atoms with Crippen molar-refractivity contribution in [1.29, 1.82) is 5.26 Å². The summed E-state index contributed by atoms with van der Waals surface area (Å²) >= 11 is 3.04. The lowest BCUT2D eigenvalue weighted by atomic mass is 10.2. The first-order valence-corrected chi connectivity index (χ1v) is 9.93. The van der Waals surface area contributed by atoms with Gasteiger partial charge in [-0.1, -0.05) is 41.3 Å². The molecule has 0 spiro atoms. The monoisotopic (exact) mass is 393 g/mol. The van der Waals surface area contributed by atoms with E-state index in [1.165, 1.54) is 11.3 Å². The van der Waals surface area contributed by atoms with Gasteiger partial charge >= 0.3 is 0 Å². The van der Waals surface area contributed by atoms with Crippen LogP contribution in [0.4, 0.5) is 10.8 Å². The summed E-state index contributed by atoms with van der Waals surface area (Å²) < 4.78 is 8.15. The molecule has 0 aliphatic heterocycles. The van der Waals surface area contributed by atoms with Gasteiger partial charge in [-0.25, -0.2) is 0 Å². The number of para-hydroxylation sites is 2. The summed E-state index contributed by atoms with van der Waals surface area (Å²) in [6, 6.07) is 15.8. The number of hydrogen-bond donors (Lipinski definition) is 1. The van der Waals surface area contributed by atoms with Crippen molar-refractivity contribution in [2.75, 3.05) is 12.4 Å². The zero-order valence-corrected chi connectivity index (χ0v) is 16.0. The number of pyridine rings is 1. The zero-order chi connectivity index (χ0) is 18.6. The van der Waals surface area contributed by atoms with Gasteiger partial charge in [0.15, 0.2) is 4.34 Å². The van der Waals surface area contributed by atoms with Crippen LogP contribution in [0.15, 0.2) is 59.2 Å². The minimum absolute atomic E-state index is 0.661. The molecule has 1 N–H and O–H groups in total. The lowest BCUT2D eigenvalue weighted by Crippen LogP contribution is -1.93. The fourth-order valence-corrected chi connectivity index (χ4v) is 4.47. The van der Waals surface area contributed by atoms with Crippen LogP contribution in [-0.2, 0) is 5.75 Å². The summed E-state index contributed by atoms with van der Waals surface area (Å²) in [4.78, 5) is 0. The molecule has 0 saturated carbocycles. The van der Waals surface area contributed by atoms with E-state index < -0.39 is 0 Å². The SMILES string of the molecule is COc1ccccc1Nc1nnc(SCc2cn3ccccc3c2C#N)s1. The minimum atomic E-state index is 0.661. The lowest BCUT2D eigenvalue weighted by molar-refractivity contribution is 0.417. The Kier molecular flexibility index (Phi) is 4.96. The van der Waals surface area contributed by atoms with E-state index in [0.717, 1.165) is 26.9 Å². The molecule has 0 fully saturated rings. The number of fused-ring (bicyclic) bond motifs is 1. The molecule has 0 radical (unpaired) electrons. The number of aromatic nitrogens is 3. The fourth-order valence-electron chi connectivity index (χ4n) is 2.74. The molecule has 3 aromatic heterocycles. The molecule has 134 valence electrons. The molecule has 4 aromatic rings. The van der Waals surface area contributed by atoms with E-state index in [4.69, 9.17) is 4.74 Å². The molecule has 3 heterocycles. The normalized spacial score (nSPS) is 10.7. The Balaban J connectivity index is 1.48. The highest BCUT2D eigenvalue weighted by atomic mass is 32.2. The summed E-state index contributed by atoms with van der Waals surface area (Å²) in [5.41, 5.74) is 3.47. The van der Waals surface area contributed by atoms with E-state index in [0.29, 0.717) is 16.4 Å². The van der Waals surface area contributed by atoms with E-state index in [1.54, 1.807) is 18.9 Å². The van der Waals surface area contributed by atoms with Gasteiger partial charge in [0, 0.05) is 18.1 Å². The Bertz CT molecular complexity index is 1130. The van der Waals surface area contributed by atoms with E-state index in [-0.39, 0.29) is 0 Å². The number of thioether (sulfide) groups is 1. The maximum Gasteiger partial charge on any atom is 0.210 e. The topological polar surface area (TPSA) is 75.2 Å². The Morgan fingerprint density at radius 2 is 2.07 bits per heavy atom. The molecule has 8 heteroatoms. The number of anilines is 2. The molecule has 0 aliphatic carbocycles. The second-order valence-corrected chi connectivity index (χ2v) is 7.82. The van der Waals surface area contributed by atoms with Crippen molar-refractivity contribution in [2.45, 2.75) is 10.1 Å². The number of nitrogens with one attached hydrogen (secondary N) is 1. The largest absolute Gasteiger partial charge is 0.495 e. The van der Waals surface area contributed by atoms with Crippen molar-refractivity contribution in [2.24, 2.45) is 0 Å². The molecule has 1 aromatic carbocycles. The second-order valence-electron chi connectivity index (χ2n) is 5.62. The van der Waals surface area contributed by atoms with Crippen molar-refractivity contribution >= 4 is 39.4 Å². The van der Waals surface area contributed by atoms with Crippen LogP contribution in [-0.4, -0.2) is 21.7 Å². The van der Waals surface area contributed by atoms with E-state index >= 15 is 0 Å². The highest BCUT2D eigenvalue weighted by Gasteiger charge is 2.12. The van der Waals surface area contributed by atoms with Gasteiger partial charge in [-0.3, -0.25) is 0 Å². The number of methoxy groups -OCH3 is 1. The first kappa shape index (κ1) is 17.4. The summed E-state index contributed by atoms with van der Waals surface area (Å²) in [7, 11) is 1.64. The molecule has 0 aliphatic rings. The van der Waals surface area contributed by atoms with Crippen molar-refractivity contribution in [3.05, 3.63) is 66.0 Å². The third-order valence-electron chi connectivity index (χ3n) is 3.98. The number of nitriles is 1. The van der Waals surface area contributed by atoms with E-state index in [1.807, 2.05) is 59.3 Å². The predicted molar refractivity (Wildman–Crippen MR) is 108 cm³/mol. The predicted octanol–water partition coefficient (Wildman–Crippen LogP) is 4.71. The Labute approximate surface area is 164 Å². The molecule has 0 unspecified atom stereocenters. The maximum atomic E-state index is 9.50. The van der Waals surface area contributed by atoms with Gasteiger partial charge in [-0.05, 0) is 29.8 Å². The quantitative estimate of drug-likeness (QED) is 0.478. The van der Waals surface area contributed by atoms with Crippen molar-refractivity contribution in [1.82, 2.24) is 14.6 Å². The molecule has 4 rings (SSSR count). The molecular weight excluding hydrogens is 378 g/mol. The minimum Gasteiger partial charge on any atom is -0.495 e. The average Bonchev–Trinajstić information content (AvgIpc) is 3.30. The fraction of sp³-hybridized carbons (Fsp3) is 0.105. The Morgan fingerprint density at radius 3 is 2.93 bits per heavy atom. The van der Waals surface area contributed by atoms with Crippen LogP contribution in [0.5, 0.6) is 5.75 Å².